The zero-order chi connectivity index (χ0) is 11.3. The van der Waals surface area contributed by atoms with E-state index in [0.29, 0.717) is 0 Å². The van der Waals surface area contributed by atoms with Crippen LogP contribution in [0, 0.1) is 0 Å². The second kappa shape index (κ2) is 5.88. The van der Waals surface area contributed by atoms with Crippen LogP contribution in [0.1, 0.15) is 6.42 Å². The molecule has 0 aliphatic carbocycles. The summed E-state index contributed by atoms with van der Waals surface area (Å²) in [4.78, 5) is 15.8. The lowest BCUT2D eigenvalue weighted by Gasteiger charge is -2.27. The minimum absolute atomic E-state index is 0.190. The topological polar surface area (TPSA) is 32.8 Å². The molecule has 0 saturated carbocycles. The van der Waals surface area contributed by atoms with Crippen molar-refractivity contribution in [2.75, 3.05) is 47.4 Å². The number of carbonyl (C=O) groups excluding carboxylic acids is 1. The van der Waals surface area contributed by atoms with E-state index in [2.05, 4.69) is 23.9 Å². The maximum Gasteiger partial charge on any atom is 0.334 e. The predicted molar refractivity (Wildman–Crippen MR) is 59.7 cm³/mol. The summed E-state index contributed by atoms with van der Waals surface area (Å²) in [6.07, 6.45) is 2.93. The van der Waals surface area contributed by atoms with Gasteiger partial charge in [-0.3, -0.25) is 4.90 Å². The minimum Gasteiger partial charge on any atom is -0.466 e. The molecule has 1 heterocycles. The minimum atomic E-state index is -0.190. The van der Waals surface area contributed by atoms with Crippen LogP contribution in [0.2, 0.25) is 0 Å². The third-order valence-electron chi connectivity index (χ3n) is 2.54. The highest BCUT2D eigenvalue weighted by Gasteiger charge is 2.17. The molecule has 0 radical (unpaired) electrons. The highest BCUT2D eigenvalue weighted by atomic mass is 16.5. The molecule has 0 bridgehead atoms. The van der Waals surface area contributed by atoms with Crippen molar-refractivity contribution < 1.29 is 9.53 Å². The Hall–Kier alpha value is -0.870. The molecule has 0 fully saturated rings. The summed E-state index contributed by atoms with van der Waals surface area (Å²) in [6.45, 7) is 3.78. The Morgan fingerprint density at radius 2 is 2.33 bits per heavy atom. The van der Waals surface area contributed by atoms with Gasteiger partial charge in [-0.2, -0.15) is 0 Å². The zero-order valence-corrected chi connectivity index (χ0v) is 9.82. The van der Waals surface area contributed by atoms with E-state index in [1.54, 1.807) is 0 Å². The number of carbonyl (C=O) groups is 1. The smallest absolute Gasteiger partial charge is 0.334 e. The Balaban J connectivity index is 2.40. The fourth-order valence-electron chi connectivity index (χ4n) is 1.62. The van der Waals surface area contributed by atoms with Gasteiger partial charge in [0, 0.05) is 31.8 Å². The van der Waals surface area contributed by atoms with Gasteiger partial charge in [-0.15, -0.1) is 0 Å². The van der Waals surface area contributed by atoms with Crippen molar-refractivity contribution >= 4 is 5.97 Å². The Labute approximate surface area is 91.5 Å². The Morgan fingerprint density at radius 3 is 2.93 bits per heavy atom. The fraction of sp³-hybridized carbons (Fsp3) is 0.727. The maximum atomic E-state index is 11.3. The standard InChI is InChI=1S/C11H20N2O2/c1-12(2)7-8-13-6-4-5-10(9-13)11(14)15-3/h5H,4,6-9H2,1-3H3. The molecule has 15 heavy (non-hydrogen) atoms. The predicted octanol–water partition coefficient (Wildman–Crippen LogP) is 0.353. The number of likely N-dealkylation sites (N-methyl/N-ethyl adjacent to an activating group) is 1. The number of rotatable bonds is 4. The van der Waals surface area contributed by atoms with Crippen molar-refractivity contribution in [2.24, 2.45) is 0 Å². The number of methoxy groups -OCH3 is 1. The van der Waals surface area contributed by atoms with Crippen molar-refractivity contribution in [1.82, 2.24) is 9.80 Å². The summed E-state index contributed by atoms with van der Waals surface area (Å²) in [5.74, 6) is -0.190. The molecule has 0 N–H and O–H groups in total. The molecule has 4 heteroatoms. The Kier molecular flexibility index (Phi) is 4.78. The van der Waals surface area contributed by atoms with E-state index in [4.69, 9.17) is 4.74 Å². The van der Waals surface area contributed by atoms with Gasteiger partial charge in [-0.1, -0.05) is 6.08 Å². The lowest BCUT2D eigenvalue weighted by atomic mass is 10.1. The summed E-state index contributed by atoms with van der Waals surface area (Å²) >= 11 is 0. The molecule has 0 unspecified atom stereocenters. The highest BCUT2D eigenvalue weighted by molar-refractivity contribution is 5.88. The van der Waals surface area contributed by atoms with Crippen LogP contribution in [0.15, 0.2) is 11.6 Å². The molecular formula is C11H20N2O2. The first kappa shape index (κ1) is 12.2. The first-order valence-electron chi connectivity index (χ1n) is 5.28. The number of nitrogens with zero attached hydrogens (tertiary/aromatic N) is 2. The number of hydrogen-bond donors (Lipinski definition) is 0. The summed E-state index contributed by atoms with van der Waals surface area (Å²) < 4.78 is 4.72. The third-order valence-corrected chi connectivity index (χ3v) is 2.54. The van der Waals surface area contributed by atoms with E-state index in [-0.39, 0.29) is 5.97 Å². The molecule has 0 aromatic carbocycles. The molecule has 86 valence electrons. The lowest BCUT2D eigenvalue weighted by molar-refractivity contribution is -0.136. The van der Waals surface area contributed by atoms with E-state index in [1.165, 1.54) is 7.11 Å². The summed E-state index contributed by atoms with van der Waals surface area (Å²) in [5.41, 5.74) is 0.794. The number of hydrogen-bond acceptors (Lipinski definition) is 4. The van der Waals surface area contributed by atoms with Crippen LogP contribution in [0.25, 0.3) is 0 Å². The SMILES string of the molecule is COC(=O)C1=CCCN(CCN(C)C)C1. The third kappa shape index (κ3) is 4.01. The van der Waals surface area contributed by atoms with Gasteiger partial charge in [0.2, 0.25) is 0 Å². The molecule has 0 aromatic rings. The highest BCUT2D eigenvalue weighted by Crippen LogP contribution is 2.10. The van der Waals surface area contributed by atoms with Crippen LogP contribution in [0.5, 0.6) is 0 Å². The Bertz CT molecular complexity index is 249. The van der Waals surface area contributed by atoms with E-state index >= 15 is 0 Å². The second-order valence-corrected chi connectivity index (χ2v) is 4.09. The van der Waals surface area contributed by atoms with Crippen LogP contribution >= 0.6 is 0 Å². The molecule has 0 atom stereocenters. The van der Waals surface area contributed by atoms with Gasteiger partial charge >= 0.3 is 5.97 Å². The maximum absolute atomic E-state index is 11.3. The molecule has 0 spiro atoms. The molecule has 4 nitrogen and oxygen atoms in total. The first-order valence-corrected chi connectivity index (χ1v) is 5.28. The molecule has 1 aliphatic rings. The van der Waals surface area contributed by atoms with Gasteiger partial charge in [-0.05, 0) is 20.5 Å². The lowest BCUT2D eigenvalue weighted by Crippen LogP contribution is -2.37. The molecule has 0 saturated heterocycles. The van der Waals surface area contributed by atoms with Crippen LogP contribution < -0.4 is 0 Å². The molecule has 1 aliphatic heterocycles. The van der Waals surface area contributed by atoms with Gasteiger partial charge in [0.1, 0.15) is 0 Å². The van der Waals surface area contributed by atoms with E-state index < -0.39 is 0 Å². The number of ether oxygens (including phenoxy) is 1. The summed E-state index contributed by atoms with van der Waals surface area (Å²) in [6, 6.07) is 0. The quantitative estimate of drug-likeness (QED) is 0.630. The van der Waals surface area contributed by atoms with Crippen LogP contribution in [0.3, 0.4) is 0 Å². The van der Waals surface area contributed by atoms with Gasteiger partial charge in [-0.25, -0.2) is 4.79 Å². The Morgan fingerprint density at radius 1 is 1.60 bits per heavy atom. The second-order valence-electron chi connectivity index (χ2n) is 4.09. The monoisotopic (exact) mass is 212 g/mol. The van der Waals surface area contributed by atoms with Crippen molar-refractivity contribution in [3.63, 3.8) is 0 Å². The van der Waals surface area contributed by atoms with Crippen molar-refractivity contribution in [3.05, 3.63) is 11.6 Å². The average molecular weight is 212 g/mol. The van der Waals surface area contributed by atoms with Crippen molar-refractivity contribution in [1.29, 1.82) is 0 Å². The van der Waals surface area contributed by atoms with Crippen molar-refractivity contribution in [3.8, 4) is 0 Å². The average Bonchev–Trinajstić information content (AvgIpc) is 2.25. The van der Waals surface area contributed by atoms with Gasteiger partial charge in [0.15, 0.2) is 0 Å². The van der Waals surface area contributed by atoms with Crippen LogP contribution in [-0.2, 0) is 9.53 Å². The largest absolute Gasteiger partial charge is 0.466 e. The van der Waals surface area contributed by atoms with E-state index in [1.807, 2.05) is 6.08 Å². The van der Waals surface area contributed by atoms with Crippen molar-refractivity contribution in [2.45, 2.75) is 6.42 Å². The fourth-order valence-corrected chi connectivity index (χ4v) is 1.62. The molecular weight excluding hydrogens is 192 g/mol. The summed E-state index contributed by atoms with van der Waals surface area (Å²) in [5, 5.41) is 0. The molecule has 0 aromatic heterocycles. The van der Waals surface area contributed by atoms with Gasteiger partial charge in [0.25, 0.3) is 0 Å². The van der Waals surface area contributed by atoms with E-state index in [0.717, 1.165) is 38.2 Å². The van der Waals surface area contributed by atoms with Crippen LogP contribution in [0.4, 0.5) is 0 Å². The molecule has 1 rings (SSSR count). The van der Waals surface area contributed by atoms with Crippen LogP contribution in [-0.4, -0.2) is 63.2 Å². The normalized spacial score (nSPS) is 17.7. The molecule has 0 amide bonds. The zero-order valence-electron chi connectivity index (χ0n) is 9.82. The number of esters is 1. The van der Waals surface area contributed by atoms with Gasteiger partial charge in [0.05, 0.1) is 7.11 Å². The summed E-state index contributed by atoms with van der Waals surface area (Å²) in [7, 11) is 5.55. The van der Waals surface area contributed by atoms with E-state index in [9.17, 15) is 4.79 Å². The van der Waals surface area contributed by atoms with Gasteiger partial charge < -0.3 is 9.64 Å². The first-order chi connectivity index (χ1) is 7.13.